The molecule has 0 atom stereocenters. The van der Waals surface area contributed by atoms with Gasteiger partial charge in [0.2, 0.25) is 5.91 Å². The van der Waals surface area contributed by atoms with Gasteiger partial charge in [-0.25, -0.2) is 0 Å². The molecule has 2 aliphatic rings. The highest BCUT2D eigenvalue weighted by Crippen LogP contribution is 2.36. The van der Waals surface area contributed by atoms with E-state index in [0.29, 0.717) is 13.1 Å². The molecule has 0 aromatic carbocycles. The van der Waals surface area contributed by atoms with Crippen LogP contribution in [-0.4, -0.2) is 52.5 Å². The van der Waals surface area contributed by atoms with E-state index in [4.69, 9.17) is 9.31 Å². The lowest BCUT2D eigenvalue weighted by atomic mass is 9.82. The lowest BCUT2D eigenvalue weighted by Crippen LogP contribution is -2.41. The molecule has 2 heterocycles. The summed E-state index contributed by atoms with van der Waals surface area (Å²) in [6, 6.07) is 0. The summed E-state index contributed by atoms with van der Waals surface area (Å²) in [5, 5.41) is 4.37. The third kappa shape index (κ3) is 3.31. The number of carbonyl (C=O) groups is 1. The van der Waals surface area contributed by atoms with Crippen molar-refractivity contribution in [2.24, 2.45) is 5.92 Å². The van der Waals surface area contributed by atoms with Crippen molar-refractivity contribution in [3.63, 3.8) is 0 Å². The fraction of sp³-hybridized carbons (Fsp3) is 0.750. The van der Waals surface area contributed by atoms with E-state index in [-0.39, 0.29) is 30.1 Å². The van der Waals surface area contributed by atoms with E-state index < -0.39 is 0 Å². The molecule has 1 saturated carbocycles. The van der Waals surface area contributed by atoms with Gasteiger partial charge in [0.1, 0.15) is 0 Å². The van der Waals surface area contributed by atoms with Gasteiger partial charge in [-0.1, -0.05) is 0 Å². The normalized spacial score (nSPS) is 22.4. The predicted molar refractivity (Wildman–Crippen MR) is 88.3 cm³/mol. The van der Waals surface area contributed by atoms with Gasteiger partial charge in [0.25, 0.3) is 0 Å². The molecule has 0 N–H and O–H groups in total. The highest BCUT2D eigenvalue weighted by Gasteiger charge is 2.52. The van der Waals surface area contributed by atoms with Gasteiger partial charge in [0.05, 0.1) is 17.7 Å². The van der Waals surface area contributed by atoms with Crippen LogP contribution in [0.15, 0.2) is 12.4 Å². The van der Waals surface area contributed by atoms with Crippen LogP contribution in [0.2, 0.25) is 0 Å². The second-order valence-electron chi connectivity index (χ2n) is 7.66. The molecular formula is C16H26BN3O3. The van der Waals surface area contributed by atoms with Gasteiger partial charge in [0, 0.05) is 37.4 Å². The predicted octanol–water partition coefficient (Wildman–Crippen LogP) is 1.05. The number of hydrogen-bond donors (Lipinski definition) is 0. The number of rotatable bonds is 5. The average molecular weight is 319 g/mol. The molecule has 1 amide bonds. The maximum Gasteiger partial charge on any atom is 0.498 e. The van der Waals surface area contributed by atoms with Crippen LogP contribution in [0.5, 0.6) is 0 Å². The van der Waals surface area contributed by atoms with Crippen LogP contribution in [0.3, 0.4) is 0 Å². The molecule has 1 aromatic heterocycles. The summed E-state index contributed by atoms with van der Waals surface area (Å²) < 4.78 is 13.9. The van der Waals surface area contributed by atoms with Crippen molar-refractivity contribution in [2.45, 2.75) is 58.3 Å². The number of aromatic nitrogens is 2. The van der Waals surface area contributed by atoms with Crippen molar-refractivity contribution in [3.05, 3.63) is 12.4 Å². The first-order chi connectivity index (χ1) is 10.7. The molecule has 126 valence electrons. The number of hydrogen-bond acceptors (Lipinski definition) is 4. The summed E-state index contributed by atoms with van der Waals surface area (Å²) in [4.78, 5) is 13.7. The number of carbonyl (C=O) groups excluding carboxylic acids is 1. The zero-order chi connectivity index (χ0) is 16.8. The van der Waals surface area contributed by atoms with E-state index >= 15 is 0 Å². The SMILES string of the molecule is CN(CCn1cc(B2OC(C)(C)C(C)(C)O2)cn1)C(=O)C1CC1. The summed E-state index contributed by atoms with van der Waals surface area (Å²) in [7, 11) is 1.47. The smallest absolute Gasteiger partial charge is 0.399 e. The monoisotopic (exact) mass is 319 g/mol. The Labute approximate surface area is 138 Å². The molecule has 6 nitrogen and oxygen atoms in total. The number of likely N-dealkylation sites (N-methyl/N-ethyl adjacent to an activating group) is 1. The Morgan fingerprint density at radius 2 is 1.96 bits per heavy atom. The first kappa shape index (κ1) is 16.5. The molecule has 0 spiro atoms. The van der Waals surface area contributed by atoms with Crippen LogP contribution in [0, 0.1) is 5.92 Å². The minimum atomic E-state index is -0.389. The molecule has 2 fully saturated rings. The highest BCUT2D eigenvalue weighted by atomic mass is 16.7. The third-order valence-corrected chi connectivity index (χ3v) is 5.15. The van der Waals surface area contributed by atoms with E-state index in [1.165, 1.54) is 0 Å². The molecule has 1 aliphatic carbocycles. The van der Waals surface area contributed by atoms with E-state index in [1.807, 2.05) is 45.6 Å². The van der Waals surface area contributed by atoms with E-state index in [9.17, 15) is 4.79 Å². The minimum absolute atomic E-state index is 0.253. The molecule has 1 aromatic rings. The fourth-order valence-electron chi connectivity index (χ4n) is 2.61. The zero-order valence-corrected chi connectivity index (χ0v) is 14.7. The van der Waals surface area contributed by atoms with Gasteiger partial charge in [-0.2, -0.15) is 5.10 Å². The van der Waals surface area contributed by atoms with Crippen molar-refractivity contribution in [1.82, 2.24) is 14.7 Å². The molecule has 0 unspecified atom stereocenters. The Bertz CT molecular complexity index is 579. The Balaban J connectivity index is 1.57. The van der Waals surface area contributed by atoms with Crippen LogP contribution in [0.4, 0.5) is 0 Å². The first-order valence-corrected chi connectivity index (χ1v) is 8.32. The summed E-state index contributed by atoms with van der Waals surface area (Å²) in [5.41, 5.74) is 0.215. The van der Waals surface area contributed by atoms with Crippen molar-refractivity contribution in [2.75, 3.05) is 13.6 Å². The van der Waals surface area contributed by atoms with Crippen molar-refractivity contribution < 1.29 is 14.1 Å². The van der Waals surface area contributed by atoms with E-state index in [1.54, 1.807) is 11.1 Å². The Morgan fingerprint density at radius 3 is 2.52 bits per heavy atom. The van der Waals surface area contributed by atoms with Crippen LogP contribution in [0.25, 0.3) is 0 Å². The minimum Gasteiger partial charge on any atom is -0.399 e. The van der Waals surface area contributed by atoms with Crippen molar-refractivity contribution in [1.29, 1.82) is 0 Å². The van der Waals surface area contributed by atoms with Crippen LogP contribution in [-0.2, 0) is 20.6 Å². The summed E-state index contributed by atoms with van der Waals surface area (Å²) in [6.45, 7) is 9.49. The lowest BCUT2D eigenvalue weighted by molar-refractivity contribution is -0.131. The maximum atomic E-state index is 11.9. The fourth-order valence-corrected chi connectivity index (χ4v) is 2.61. The summed E-state index contributed by atoms with van der Waals surface area (Å²) >= 11 is 0. The Hall–Kier alpha value is -1.34. The average Bonchev–Trinajstić information content (AvgIpc) is 3.15. The first-order valence-electron chi connectivity index (χ1n) is 8.32. The van der Waals surface area contributed by atoms with Gasteiger partial charge in [0.15, 0.2) is 0 Å². The summed E-state index contributed by atoms with van der Waals surface area (Å²) in [6.07, 6.45) is 5.80. The van der Waals surface area contributed by atoms with Gasteiger partial charge < -0.3 is 14.2 Å². The van der Waals surface area contributed by atoms with E-state index in [0.717, 1.165) is 18.3 Å². The zero-order valence-electron chi connectivity index (χ0n) is 14.7. The standard InChI is InChI=1S/C16H26BN3O3/c1-15(2)16(3,4)23-17(22-15)13-10-18-20(11-13)9-8-19(5)14(21)12-6-7-12/h10-12H,6-9H2,1-5H3. The van der Waals surface area contributed by atoms with Crippen molar-refractivity contribution in [3.8, 4) is 0 Å². The second-order valence-corrected chi connectivity index (χ2v) is 7.66. The second kappa shape index (κ2) is 5.63. The largest absolute Gasteiger partial charge is 0.498 e. The molecule has 0 radical (unpaired) electrons. The molecule has 23 heavy (non-hydrogen) atoms. The van der Waals surface area contributed by atoms with Crippen molar-refractivity contribution >= 4 is 18.5 Å². The molecule has 1 aliphatic heterocycles. The molecular weight excluding hydrogens is 293 g/mol. The number of amides is 1. The molecule has 7 heteroatoms. The Morgan fingerprint density at radius 1 is 1.35 bits per heavy atom. The van der Waals surface area contributed by atoms with Gasteiger partial charge in [-0.15, -0.1) is 0 Å². The van der Waals surface area contributed by atoms with Gasteiger partial charge >= 0.3 is 7.12 Å². The van der Waals surface area contributed by atoms with E-state index in [2.05, 4.69) is 5.10 Å². The molecule has 3 rings (SSSR count). The maximum absolute atomic E-state index is 11.9. The molecule has 1 saturated heterocycles. The van der Waals surface area contributed by atoms with Crippen LogP contribution >= 0.6 is 0 Å². The van der Waals surface area contributed by atoms with Crippen LogP contribution in [0.1, 0.15) is 40.5 Å². The van der Waals surface area contributed by atoms with Gasteiger partial charge in [-0.3, -0.25) is 9.48 Å². The molecule has 0 bridgehead atoms. The van der Waals surface area contributed by atoms with Crippen LogP contribution < -0.4 is 5.46 Å². The number of nitrogens with zero attached hydrogens (tertiary/aromatic N) is 3. The lowest BCUT2D eigenvalue weighted by Gasteiger charge is -2.32. The quantitative estimate of drug-likeness (QED) is 0.761. The Kier molecular flexibility index (Phi) is 4.05. The topological polar surface area (TPSA) is 56.6 Å². The summed E-state index contributed by atoms with van der Waals surface area (Å²) in [5.74, 6) is 0.515. The third-order valence-electron chi connectivity index (χ3n) is 5.15. The highest BCUT2D eigenvalue weighted by molar-refractivity contribution is 6.61. The van der Waals surface area contributed by atoms with Gasteiger partial charge in [-0.05, 0) is 40.5 Å².